The van der Waals surface area contributed by atoms with Crippen molar-refractivity contribution in [3.8, 4) is 17.5 Å². The van der Waals surface area contributed by atoms with E-state index in [1.165, 1.54) is 4.90 Å². The summed E-state index contributed by atoms with van der Waals surface area (Å²) in [6.07, 6.45) is 1.97. The lowest BCUT2D eigenvalue weighted by atomic mass is 10.1. The van der Waals surface area contributed by atoms with Gasteiger partial charge in [-0.3, -0.25) is 4.90 Å². The lowest BCUT2D eigenvalue weighted by Crippen LogP contribution is -2.10. The second-order valence-electron chi connectivity index (χ2n) is 3.30. The van der Waals surface area contributed by atoms with E-state index in [-0.39, 0.29) is 0 Å². The SMILES string of the molecule is CN(C#N)c1ccc(-c2ccccc2)nn1. The van der Waals surface area contributed by atoms with E-state index in [0.717, 1.165) is 11.3 Å². The summed E-state index contributed by atoms with van der Waals surface area (Å²) in [6.45, 7) is 0. The summed E-state index contributed by atoms with van der Waals surface area (Å²) in [5.41, 5.74) is 1.82. The Kier molecular flexibility index (Phi) is 2.79. The highest BCUT2D eigenvalue weighted by atomic mass is 15.2. The first-order valence-corrected chi connectivity index (χ1v) is 4.84. The van der Waals surface area contributed by atoms with Gasteiger partial charge in [0.15, 0.2) is 12.0 Å². The van der Waals surface area contributed by atoms with Crippen molar-refractivity contribution in [2.75, 3.05) is 11.9 Å². The Labute approximate surface area is 93.8 Å². The van der Waals surface area contributed by atoms with Crippen LogP contribution in [0.3, 0.4) is 0 Å². The lowest BCUT2D eigenvalue weighted by Gasteiger charge is -2.06. The third-order valence-electron chi connectivity index (χ3n) is 2.21. The first-order valence-electron chi connectivity index (χ1n) is 4.84. The second-order valence-corrected chi connectivity index (χ2v) is 3.30. The van der Waals surface area contributed by atoms with Gasteiger partial charge in [-0.25, -0.2) is 0 Å². The first kappa shape index (κ1) is 10.1. The molecule has 0 saturated heterocycles. The molecular formula is C12H10N4. The maximum atomic E-state index is 8.68. The Balaban J connectivity index is 2.31. The van der Waals surface area contributed by atoms with Crippen LogP contribution < -0.4 is 4.90 Å². The molecule has 2 rings (SSSR count). The molecule has 0 atom stereocenters. The molecule has 0 bridgehead atoms. The molecule has 0 spiro atoms. The van der Waals surface area contributed by atoms with E-state index in [0.29, 0.717) is 5.82 Å². The largest absolute Gasteiger partial charge is 0.265 e. The van der Waals surface area contributed by atoms with Gasteiger partial charge in [0, 0.05) is 12.6 Å². The zero-order chi connectivity index (χ0) is 11.4. The molecule has 0 N–H and O–H groups in total. The fourth-order valence-corrected chi connectivity index (χ4v) is 1.32. The van der Waals surface area contributed by atoms with E-state index < -0.39 is 0 Å². The van der Waals surface area contributed by atoms with Crippen LogP contribution in [0.15, 0.2) is 42.5 Å². The van der Waals surface area contributed by atoms with Crippen molar-refractivity contribution in [3.05, 3.63) is 42.5 Å². The van der Waals surface area contributed by atoms with Gasteiger partial charge in [0.05, 0.1) is 5.69 Å². The number of benzene rings is 1. The topological polar surface area (TPSA) is 52.8 Å². The van der Waals surface area contributed by atoms with Gasteiger partial charge in [0.1, 0.15) is 0 Å². The number of nitrogens with zero attached hydrogens (tertiary/aromatic N) is 4. The normalized spacial score (nSPS) is 9.50. The van der Waals surface area contributed by atoms with Crippen molar-refractivity contribution >= 4 is 5.82 Å². The van der Waals surface area contributed by atoms with Crippen LogP contribution in [0.4, 0.5) is 5.82 Å². The van der Waals surface area contributed by atoms with E-state index in [1.807, 2.05) is 42.6 Å². The van der Waals surface area contributed by atoms with Gasteiger partial charge in [0.25, 0.3) is 0 Å². The molecule has 1 aromatic carbocycles. The minimum absolute atomic E-state index is 0.544. The monoisotopic (exact) mass is 210 g/mol. The van der Waals surface area contributed by atoms with Crippen LogP contribution in [0.2, 0.25) is 0 Å². The van der Waals surface area contributed by atoms with Crippen LogP contribution in [0.1, 0.15) is 0 Å². The molecule has 1 aromatic heterocycles. The predicted octanol–water partition coefficient (Wildman–Crippen LogP) is 2.06. The summed E-state index contributed by atoms with van der Waals surface area (Å²) in [7, 11) is 1.65. The summed E-state index contributed by atoms with van der Waals surface area (Å²) in [4.78, 5) is 1.36. The highest BCUT2D eigenvalue weighted by Crippen LogP contribution is 2.16. The number of anilines is 1. The fraction of sp³-hybridized carbons (Fsp3) is 0.0833. The second kappa shape index (κ2) is 4.41. The molecule has 16 heavy (non-hydrogen) atoms. The van der Waals surface area contributed by atoms with Gasteiger partial charge < -0.3 is 0 Å². The van der Waals surface area contributed by atoms with Gasteiger partial charge in [-0.05, 0) is 12.1 Å². The number of nitriles is 1. The van der Waals surface area contributed by atoms with Crippen molar-refractivity contribution in [3.63, 3.8) is 0 Å². The van der Waals surface area contributed by atoms with Crippen LogP contribution in [-0.2, 0) is 0 Å². The molecular weight excluding hydrogens is 200 g/mol. The van der Waals surface area contributed by atoms with Crippen LogP contribution in [0, 0.1) is 11.5 Å². The van der Waals surface area contributed by atoms with Gasteiger partial charge in [-0.15, -0.1) is 10.2 Å². The molecule has 0 aliphatic rings. The van der Waals surface area contributed by atoms with Gasteiger partial charge in [-0.1, -0.05) is 30.3 Å². The number of hydrogen-bond donors (Lipinski definition) is 0. The van der Waals surface area contributed by atoms with Crippen LogP contribution in [0.5, 0.6) is 0 Å². The number of aromatic nitrogens is 2. The Bertz CT molecular complexity index is 499. The smallest absolute Gasteiger partial charge is 0.185 e. The predicted molar refractivity (Wildman–Crippen MR) is 61.5 cm³/mol. The number of hydrogen-bond acceptors (Lipinski definition) is 4. The van der Waals surface area contributed by atoms with Crippen molar-refractivity contribution in [1.82, 2.24) is 10.2 Å². The fourth-order valence-electron chi connectivity index (χ4n) is 1.32. The van der Waals surface area contributed by atoms with Crippen molar-refractivity contribution in [1.29, 1.82) is 5.26 Å². The summed E-state index contributed by atoms with van der Waals surface area (Å²) < 4.78 is 0. The third kappa shape index (κ3) is 1.98. The van der Waals surface area contributed by atoms with Crippen molar-refractivity contribution in [2.24, 2.45) is 0 Å². The quantitative estimate of drug-likeness (QED) is 0.562. The van der Waals surface area contributed by atoms with Gasteiger partial charge >= 0.3 is 0 Å². The summed E-state index contributed by atoms with van der Waals surface area (Å²) in [5.74, 6) is 0.544. The van der Waals surface area contributed by atoms with Crippen molar-refractivity contribution < 1.29 is 0 Å². The molecule has 0 saturated carbocycles. The Morgan fingerprint density at radius 1 is 1.06 bits per heavy atom. The Hall–Kier alpha value is -2.41. The zero-order valence-electron chi connectivity index (χ0n) is 8.83. The first-order chi connectivity index (χ1) is 7.81. The molecule has 4 nitrogen and oxygen atoms in total. The maximum Gasteiger partial charge on any atom is 0.185 e. The van der Waals surface area contributed by atoms with E-state index in [4.69, 9.17) is 5.26 Å². The van der Waals surface area contributed by atoms with E-state index in [9.17, 15) is 0 Å². The summed E-state index contributed by atoms with van der Waals surface area (Å²) in [6, 6.07) is 13.4. The van der Waals surface area contributed by atoms with Crippen LogP contribution in [-0.4, -0.2) is 17.2 Å². The standard InChI is InChI=1S/C12H10N4/c1-16(9-13)12-8-7-11(14-15-12)10-5-3-2-4-6-10/h2-8H,1H3. The van der Waals surface area contributed by atoms with Gasteiger partial charge in [-0.2, -0.15) is 5.26 Å². The average molecular weight is 210 g/mol. The molecule has 0 radical (unpaired) electrons. The average Bonchev–Trinajstić information content (AvgIpc) is 2.39. The highest BCUT2D eigenvalue weighted by molar-refractivity contribution is 5.59. The van der Waals surface area contributed by atoms with E-state index in [2.05, 4.69) is 10.2 Å². The van der Waals surface area contributed by atoms with E-state index >= 15 is 0 Å². The minimum Gasteiger partial charge on any atom is -0.265 e. The van der Waals surface area contributed by atoms with E-state index in [1.54, 1.807) is 13.1 Å². The van der Waals surface area contributed by atoms with Gasteiger partial charge in [0.2, 0.25) is 0 Å². The molecule has 0 aliphatic carbocycles. The molecule has 0 unspecified atom stereocenters. The Morgan fingerprint density at radius 2 is 1.81 bits per heavy atom. The zero-order valence-corrected chi connectivity index (χ0v) is 8.83. The molecule has 0 aliphatic heterocycles. The molecule has 0 amide bonds. The Morgan fingerprint density at radius 3 is 2.38 bits per heavy atom. The third-order valence-corrected chi connectivity index (χ3v) is 2.21. The molecule has 78 valence electrons. The minimum atomic E-state index is 0.544. The highest BCUT2D eigenvalue weighted by Gasteiger charge is 2.03. The van der Waals surface area contributed by atoms with Crippen LogP contribution >= 0.6 is 0 Å². The summed E-state index contributed by atoms with van der Waals surface area (Å²) >= 11 is 0. The van der Waals surface area contributed by atoms with Crippen LogP contribution in [0.25, 0.3) is 11.3 Å². The molecule has 4 heteroatoms. The summed E-state index contributed by atoms with van der Waals surface area (Å²) in [5, 5.41) is 16.7. The molecule has 1 heterocycles. The maximum absolute atomic E-state index is 8.68. The molecule has 2 aromatic rings. The lowest BCUT2D eigenvalue weighted by molar-refractivity contribution is 0.994. The molecule has 0 fully saturated rings. The van der Waals surface area contributed by atoms with Crippen molar-refractivity contribution in [2.45, 2.75) is 0 Å². The number of rotatable bonds is 2.